The van der Waals surface area contributed by atoms with Gasteiger partial charge in [-0.2, -0.15) is 0 Å². The highest BCUT2D eigenvalue weighted by Crippen LogP contribution is 2.39. The molecule has 0 aliphatic carbocycles. The molecule has 6 aromatic rings. The van der Waals surface area contributed by atoms with E-state index in [1.54, 1.807) is 0 Å². The predicted molar refractivity (Wildman–Crippen MR) is 129 cm³/mol. The van der Waals surface area contributed by atoms with E-state index in [-0.39, 0.29) is 0 Å². The maximum Gasteiger partial charge on any atom is 0.0181 e. The van der Waals surface area contributed by atoms with Gasteiger partial charge in [0.1, 0.15) is 0 Å². The second-order valence-corrected chi connectivity index (χ2v) is 8.52. The van der Waals surface area contributed by atoms with Gasteiger partial charge in [0.2, 0.25) is 0 Å². The molecule has 6 aromatic carbocycles. The van der Waals surface area contributed by atoms with Crippen molar-refractivity contribution in [2.45, 2.75) is 0 Å². The maximum atomic E-state index is 3.60. The Kier molecular flexibility index (Phi) is 3.72. The number of benzene rings is 6. The van der Waals surface area contributed by atoms with E-state index < -0.39 is 0 Å². The third-order valence-electron chi connectivity index (χ3n) is 5.80. The van der Waals surface area contributed by atoms with Gasteiger partial charge < -0.3 is 0 Å². The fourth-order valence-electron chi connectivity index (χ4n) is 4.47. The van der Waals surface area contributed by atoms with Gasteiger partial charge in [0.15, 0.2) is 0 Å². The molecule has 0 nitrogen and oxygen atoms in total. The van der Waals surface area contributed by atoms with Crippen molar-refractivity contribution in [1.82, 2.24) is 0 Å². The number of halogens is 1. The zero-order chi connectivity index (χ0) is 19.4. The van der Waals surface area contributed by atoms with Crippen LogP contribution < -0.4 is 0 Å². The molecule has 0 saturated carbocycles. The van der Waals surface area contributed by atoms with E-state index in [0.717, 1.165) is 4.47 Å². The van der Waals surface area contributed by atoms with Crippen LogP contribution in [0.15, 0.2) is 108 Å². The van der Waals surface area contributed by atoms with Crippen molar-refractivity contribution in [3.8, 4) is 22.3 Å². The summed E-state index contributed by atoms with van der Waals surface area (Å²) in [5.41, 5.74) is 5.01. The number of rotatable bonds is 2. The van der Waals surface area contributed by atoms with Crippen molar-refractivity contribution >= 4 is 48.2 Å². The second kappa shape index (κ2) is 6.43. The minimum absolute atomic E-state index is 1.11. The van der Waals surface area contributed by atoms with Crippen LogP contribution in [0.5, 0.6) is 0 Å². The van der Waals surface area contributed by atoms with E-state index in [1.165, 1.54) is 54.6 Å². The van der Waals surface area contributed by atoms with Crippen molar-refractivity contribution in [3.63, 3.8) is 0 Å². The van der Waals surface area contributed by atoms with Crippen LogP contribution >= 0.6 is 15.9 Å². The highest BCUT2D eigenvalue weighted by Gasteiger charge is 2.12. The summed E-state index contributed by atoms with van der Waals surface area (Å²) in [4.78, 5) is 0. The summed E-state index contributed by atoms with van der Waals surface area (Å²) in [6.45, 7) is 0. The Hall–Kier alpha value is -3.16. The third kappa shape index (κ3) is 2.73. The summed E-state index contributed by atoms with van der Waals surface area (Å²) in [5.74, 6) is 0. The van der Waals surface area contributed by atoms with Gasteiger partial charge in [0.05, 0.1) is 0 Å². The molecule has 0 aliphatic heterocycles. The zero-order valence-corrected chi connectivity index (χ0v) is 17.3. The summed E-state index contributed by atoms with van der Waals surface area (Å²) in [7, 11) is 0. The van der Waals surface area contributed by atoms with Crippen LogP contribution in [-0.2, 0) is 0 Å². The van der Waals surface area contributed by atoms with Gasteiger partial charge in [-0.3, -0.25) is 0 Å². The normalized spacial score (nSPS) is 11.6. The van der Waals surface area contributed by atoms with E-state index in [2.05, 4.69) is 119 Å². The molecule has 6 rings (SSSR count). The van der Waals surface area contributed by atoms with E-state index in [1.807, 2.05) is 0 Å². The smallest absolute Gasteiger partial charge is 0.0181 e. The summed E-state index contributed by atoms with van der Waals surface area (Å²) in [6, 6.07) is 37.5. The fraction of sp³-hybridized carbons (Fsp3) is 0. The summed E-state index contributed by atoms with van der Waals surface area (Å²) in [6.07, 6.45) is 0. The average molecular weight is 433 g/mol. The molecule has 136 valence electrons. The molecule has 0 saturated heterocycles. The first-order valence-corrected chi connectivity index (χ1v) is 10.6. The van der Waals surface area contributed by atoms with Crippen LogP contribution in [0, 0.1) is 0 Å². The molecule has 0 spiro atoms. The lowest BCUT2D eigenvalue weighted by Gasteiger charge is -2.14. The quantitative estimate of drug-likeness (QED) is 0.240. The first kappa shape index (κ1) is 16.8. The van der Waals surface area contributed by atoms with Crippen LogP contribution in [0.25, 0.3) is 54.6 Å². The lowest BCUT2D eigenvalue weighted by Crippen LogP contribution is -1.87. The predicted octanol–water partition coefficient (Wildman–Crippen LogP) is 8.68. The highest BCUT2D eigenvalue weighted by atomic mass is 79.9. The zero-order valence-electron chi connectivity index (χ0n) is 15.7. The monoisotopic (exact) mass is 432 g/mol. The van der Waals surface area contributed by atoms with Crippen molar-refractivity contribution < 1.29 is 0 Å². The molecule has 0 amide bonds. The van der Waals surface area contributed by atoms with Crippen molar-refractivity contribution in [3.05, 3.63) is 108 Å². The molecule has 0 atom stereocenters. The third-order valence-corrected chi connectivity index (χ3v) is 6.29. The Labute approximate surface area is 177 Å². The van der Waals surface area contributed by atoms with E-state index in [9.17, 15) is 0 Å². The Morgan fingerprint density at radius 3 is 1.38 bits per heavy atom. The van der Waals surface area contributed by atoms with Gasteiger partial charge in [-0.15, -0.1) is 0 Å². The number of hydrogen-bond donors (Lipinski definition) is 0. The molecule has 0 heterocycles. The Balaban J connectivity index is 1.63. The van der Waals surface area contributed by atoms with Crippen LogP contribution in [0.1, 0.15) is 0 Å². The van der Waals surface area contributed by atoms with E-state index in [4.69, 9.17) is 0 Å². The summed E-state index contributed by atoms with van der Waals surface area (Å²) < 4.78 is 1.11. The fourth-order valence-corrected chi connectivity index (χ4v) is 4.87. The minimum atomic E-state index is 1.11. The van der Waals surface area contributed by atoms with Gasteiger partial charge >= 0.3 is 0 Å². The Morgan fingerprint density at radius 1 is 0.379 bits per heavy atom. The SMILES string of the molecule is Brc1cccc(-c2cc3ccc4cc(-c5ccccc5)cc5ccc(c2)c3c45)c1. The lowest BCUT2D eigenvalue weighted by atomic mass is 9.89. The number of hydrogen-bond acceptors (Lipinski definition) is 0. The van der Waals surface area contributed by atoms with Gasteiger partial charge in [-0.05, 0) is 91.0 Å². The van der Waals surface area contributed by atoms with Crippen LogP contribution in [0.4, 0.5) is 0 Å². The second-order valence-electron chi connectivity index (χ2n) is 7.60. The van der Waals surface area contributed by atoms with Crippen LogP contribution in [0.2, 0.25) is 0 Å². The topological polar surface area (TPSA) is 0 Å². The summed E-state index contributed by atoms with van der Waals surface area (Å²) in [5, 5.41) is 7.91. The van der Waals surface area contributed by atoms with Crippen molar-refractivity contribution in [1.29, 1.82) is 0 Å². The molecule has 0 fully saturated rings. The molecule has 0 N–H and O–H groups in total. The van der Waals surface area contributed by atoms with Gasteiger partial charge in [0, 0.05) is 4.47 Å². The van der Waals surface area contributed by atoms with Crippen LogP contribution in [-0.4, -0.2) is 0 Å². The molecule has 0 radical (unpaired) electrons. The molecule has 29 heavy (non-hydrogen) atoms. The molecule has 0 unspecified atom stereocenters. The van der Waals surface area contributed by atoms with Crippen LogP contribution in [0.3, 0.4) is 0 Å². The van der Waals surface area contributed by atoms with Crippen molar-refractivity contribution in [2.75, 3.05) is 0 Å². The Bertz CT molecular complexity index is 1430. The minimum Gasteiger partial charge on any atom is -0.0622 e. The van der Waals surface area contributed by atoms with Gasteiger partial charge in [0.25, 0.3) is 0 Å². The molecule has 1 heteroatoms. The highest BCUT2D eigenvalue weighted by molar-refractivity contribution is 9.10. The average Bonchev–Trinajstić information content (AvgIpc) is 2.77. The molecular weight excluding hydrogens is 416 g/mol. The first-order valence-electron chi connectivity index (χ1n) is 9.80. The molecular formula is C28H17Br. The largest absolute Gasteiger partial charge is 0.0622 e. The maximum absolute atomic E-state index is 3.60. The molecule has 0 bridgehead atoms. The first-order chi connectivity index (χ1) is 14.3. The lowest BCUT2D eigenvalue weighted by molar-refractivity contribution is 1.62. The van der Waals surface area contributed by atoms with E-state index in [0.29, 0.717) is 0 Å². The molecule has 0 aliphatic rings. The standard InChI is InChI=1S/C28H17Br/c29-26-8-4-7-19(17-26)25-15-22-11-9-20-13-24(18-5-2-1-3-6-18)14-21-10-12-23(16-25)28(22)27(20)21/h1-17H. The van der Waals surface area contributed by atoms with Crippen molar-refractivity contribution in [2.24, 2.45) is 0 Å². The Morgan fingerprint density at radius 2 is 0.862 bits per heavy atom. The van der Waals surface area contributed by atoms with E-state index >= 15 is 0 Å². The summed E-state index contributed by atoms with van der Waals surface area (Å²) >= 11 is 3.60. The molecule has 0 aromatic heterocycles. The van der Waals surface area contributed by atoms with Gasteiger partial charge in [-0.1, -0.05) is 82.7 Å². The van der Waals surface area contributed by atoms with Gasteiger partial charge in [-0.25, -0.2) is 0 Å².